The Hall–Kier alpha value is -3.31. The van der Waals surface area contributed by atoms with Crippen molar-refractivity contribution in [2.24, 2.45) is 11.3 Å². The van der Waals surface area contributed by atoms with E-state index in [0.717, 1.165) is 43.1 Å². The summed E-state index contributed by atoms with van der Waals surface area (Å²) in [6, 6.07) is 3.27. The van der Waals surface area contributed by atoms with Gasteiger partial charge in [-0.05, 0) is 37.8 Å². The number of alkyl halides is 3. The van der Waals surface area contributed by atoms with E-state index in [-0.39, 0.29) is 35.2 Å². The summed E-state index contributed by atoms with van der Waals surface area (Å²) >= 11 is 0. The monoisotopic (exact) mass is 524 g/mol. The smallest absolute Gasteiger partial charge is 0.422 e. The molecule has 0 radical (unpaired) electrons. The molecule has 1 unspecified atom stereocenters. The average Bonchev–Trinajstić information content (AvgIpc) is 3.32. The van der Waals surface area contributed by atoms with Crippen molar-refractivity contribution < 1.29 is 36.6 Å². The second kappa shape index (κ2) is 9.86. The Morgan fingerprint density at radius 3 is 2.62 bits per heavy atom. The van der Waals surface area contributed by atoms with Crippen molar-refractivity contribution in [3.8, 4) is 5.75 Å². The largest absolute Gasteiger partial charge is 0.484 e. The first-order valence-electron chi connectivity index (χ1n) is 12.3. The van der Waals surface area contributed by atoms with Crippen LogP contribution in [0.1, 0.15) is 36.2 Å². The molecule has 0 bridgehead atoms. The Kier molecular flexibility index (Phi) is 6.76. The van der Waals surface area contributed by atoms with Crippen molar-refractivity contribution in [3.05, 3.63) is 47.3 Å². The number of aromatic nitrogens is 2. The Bertz CT molecular complexity index is 1150. The summed E-state index contributed by atoms with van der Waals surface area (Å²) < 4.78 is 60.7. The van der Waals surface area contributed by atoms with E-state index in [0.29, 0.717) is 32.6 Å². The second-order valence-electron chi connectivity index (χ2n) is 10.2. The van der Waals surface area contributed by atoms with Crippen LogP contribution < -0.4 is 4.74 Å². The molecule has 2 aliphatic heterocycles. The van der Waals surface area contributed by atoms with Gasteiger partial charge in [-0.15, -0.1) is 0 Å². The van der Waals surface area contributed by atoms with Crippen molar-refractivity contribution >= 4 is 12.0 Å². The van der Waals surface area contributed by atoms with Crippen molar-refractivity contribution in [2.45, 2.75) is 44.9 Å². The Morgan fingerprint density at radius 2 is 1.92 bits per heavy atom. The average molecular weight is 525 g/mol. The molecule has 2 aromatic rings. The highest BCUT2D eigenvalue weighted by atomic mass is 19.4. The van der Waals surface area contributed by atoms with Crippen LogP contribution in [0.4, 0.5) is 22.4 Å². The highest BCUT2D eigenvalue weighted by molar-refractivity contribution is 5.80. The number of fused-ring (bicyclic) bond motifs is 1. The van der Waals surface area contributed by atoms with E-state index in [2.05, 4.69) is 14.7 Å². The van der Waals surface area contributed by atoms with Gasteiger partial charge in [0, 0.05) is 61.3 Å². The van der Waals surface area contributed by atoms with Crippen LogP contribution in [0.25, 0.3) is 0 Å². The molecular weight excluding hydrogens is 496 g/mol. The van der Waals surface area contributed by atoms with Crippen molar-refractivity contribution in [3.63, 3.8) is 0 Å². The van der Waals surface area contributed by atoms with Gasteiger partial charge in [0.2, 0.25) is 5.91 Å². The number of likely N-dealkylation sites (tertiary alicyclic amines) is 2. The van der Waals surface area contributed by atoms with Gasteiger partial charge in [0.1, 0.15) is 18.2 Å². The molecule has 1 atom stereocenters. The van der Waals surface area contributed by atoms with Crippen LogP contribution in [0.5, 0.6) is 5.75 Å². The number of aryl methyl sites for hydroxylation is 1. The number of nitrogens with one attached hydrogen (secondary N) is 1. The van der Waals surface area contributed by atoms with Gasteiger partial charge < -0.3 is 24.3 Å². The van der Waals surface area contributed by atoms with Crippen LogP contribution in [0.3, 0.4) is 0 Å². The van der Waals surface area contributed by atoms with E-state index in [1.807, 2.05) is 4.90 Å². The third-order valence-electron chi connectivity index (χ3n) is 7.56. The number of aromatic amines is 1. The molecule has 1 N–H and O–H groups in total. The van der Waals surface area contributed by atoms with Crippen molar-refractivity contribution in [1.82, 2.24) is 19.8 Å². The lowest BCUT2D eigenvalue weighted by molar-refractivity contribution is -0.153. The first kappa shape index (κ1) is 25.3. The predicted molar refractivity (Wildman–Crippen MR) is 122 cm³/mol. The highest BCUT2D eigenvalue weighted by Crippen LogP contribution is 2.42. The first-order valence-corrected chi connectivity index (χ1v) is 12.3. The number of rotatable bonds is 5. The minimum atomic E-state index is -4.52. The number of piperidine rings is 1. The molecule has 1 aromatic carbocycles. The lowest BCUT2D eigenvalue weighted by Crippen LogP contribution is -2.63. The summed E-state index contributed by atoms with van der Waals surface area (Å²) in [6.45, 7) is 0.483. The molecule has 1 aromatic heterocycles. The van der Waals surface area contributed by atoms with Gasteiger partial charge in [-0.1, -0.05) is 0 Å². The highest BCUT2D eigenvalue weighted by Gasteiger charge is 2.48. The van der Waals surface area contributed by atoms with Crippen LogP contribution in [0.15, 0.2) is 24.5 Å². The summed E-state index contributed by atoms with van der Waals surface area (Å²) in [7, 11) is 0. The zero-order valence-corrected chi connectivity index (χ0v) is 20.2. The van der Waals surface area contributed by atoms with E-state index in [9.17, 15) is 27.2 Å². The van der Waals surface area contributed by atoms with Crippen LogP contribution in [-0.2, 0) is 29.0 Å². The number of hydrogen-bond acceptors (Lipinski definition) is 5. The quantitative estimate of drug-likeness (QED) is 0.601. The molecule has 0 saturated carbocycles. The second-order valence-corrected chi connectivity index (χ2v) is 10.2. The lowest BCUT2D eigenvalue weighted by Gasteiger charge is -2.54. The number of halogens is 4. The van der Waals surface area contributed by atoms with Crippen LogP contribution in [0, 0.1) is 17.2 Å². The minimum Gasteiger partial charge on any atom is -0.484 e. The van der Waals surface area contributed by atoms with Gasteiger partial charge in [0.25, 0.3) is 0 Å². The summed E-state index contributed by atoms with van der Waals surface area (Å²) in [4.78, 5) is 36.4. The van der Waals surface area contributed by atoms with Crippen LogP contribution in [0.2, 0.25) is 0 Å². The molecule has 5 rings (SSSR count). The zero-order chi connectivity index (χ0) is 26.2. The number of nitrogens with zero attached hydrogens (tertiary/aromatic N) is 3. The molecule has 200 valence electrons. The molecule has 2 amide bonds. The lowest BCUT2D eigenvalue weighted by atomic mass is 9.71. The minimum absolute atomic E-state index is 0.0125. The van der Waals surface area contributed by atoms with Gasteiger partial charge in [0.15, 0.2) is 6.61 Å². The molecule has 1 aliphatic carbocycles. The summed E-state index contributed by atoms with van der Waals surface area (Å²) in [5, 5.41) is 0. The maximum Gasteiger partial charge on any atom is 0.422 e. The number of carbonyl (C=O) groups excluding carboxylic acids is 2. The van der Waals surface area contributed by atoms with Gasteiger partial charge in [-0.25, -0.2) is 14.2 Å². The van der Waals surface area contributed by atoms with E-state index < -0.39 is 24.7 Å². The standard InChI is InChI=1S/C25H28F4N4O4/c26-19-10-18(37-14-25(27,28)29)3-1-17(19)11-36-23(35)32-7-5-24(6-8-32)12-33(13-24)22(34)16-2-4-20-21(9-16)31-15-30-20/h1,3,10,15-16H,2,4-9,11-14H2,(H,30,31). The van der Waals surface area contributed by atoms with Gasteiger partial charge in [-0.3, -0.25) is 4.79 Å². The molecule has 12 heteroatoms. The number of benzene rings is 1. The SMILES string of the molecule is O=C(OCc1ccc(OCC(F)(F)F)cc1F)N1CCC2(CC1)CN(C(=O)C1CCc3nc[nH]c3C1)C2. The summed E-state index contributed by atoms with van der Waals surface area (Å²) in [6.07, 6.45) is 0.402. The third kappa shape index (κ3) is 5.67. The fourth-order valence-electron chi connectivity index (χ4n) is 5.40. The number of imidazole rings is 1. The molecule has 2 fully saturated rings. The van der Waals surface area contributed by atoms with Gasteiger partial charge in [-0.2, -0.15) is 13.2 Å². The normalized spacial score (nSPS) is 20.8. The van der Waals surface area contributed by atoms with Crippen LogP contribution in [-0.4, -0.2) is 70.7 Å². The molecule has 1 spiro atoms. The molecular formula is C25H28F4N4O4. The number of carbonyl (C=O) groups is 2. The zero-order valence-electron chi connectivity index (χ0n) is 20.2. The third-order valence-corrected chi connectivity index (χ3v) is 7.56. The van der Waals surface area contributed by atoms with E-state index in [4.69, 9.17) is 4.74 Å². The number of amides is 2. The Balaban J connectivity index is 1.05. The first-order chi connectivity index (χ1) is 17.6. The van der Waals surface area contributed by atoms with Crippen molar-refractivity contribution in [2.75, 3.05) is 32.8 Å². The summed E-state index contributed by atoms with van der Waals surface area (Å²) in [5.41, 5.74) is 2.16. The predicted octanol–water partition coefficient (Wildman–Crippen LogP) is 3.86. The van der Waals surface area contributed by atoms with Crippen molar-refractivity contribution in [1.29, 1.82) is 0 Å². The number of hydrogen-bond donors (Lipinski definition) is 1. The molecule has 37 heavy (non-hydrogen) atoms. The fourth-order valence-corrected chi connectivity index (χ4v) is 5.40. The molecule has 3 heterocycles. The van der Waals surface area contributed by atoms with E-state index in [1.54, 1.807) is 11.2 Å². The topological polar surface area (TPSA) is 87.8 Å². The maximum atomic E-state index is 14.2. The number of H-pyrrole nitrogens is 1. The van der Waals surface area contributed by atoms with E-state index in [1.165, 1.54) is 12.1 Å². The maximum absolute atomic E-state index is 14.2. The molecule has 8 nitrogen and oxygen atoms in total. The Labute approximate surface area is 210 Å². The number of ether oxygens (including phenoxy) is 2. The molecule has 2 saturated heterocycles. The van der Waals surface area contributed by atoms with E-state index >= 15 is 0 Å². The van der Waals surface area contributed by atoms with Crippen LogP contribution >= 0.6 is 0 Å². The van der Waals surface area contributed by atoms with Gasteiger partial charge in [0.05, 0.1) is 12.0 Å². The fraction of sp³-hybridized carbons (Fsp3) is 0.560. The molecule has 3 aliphatic rings. The summed E-state index contributed by atoms with van der Waals surface area (Å²) in [5.74, 6) is -0.907. The Morgan fingerprint density at radius 1 is 1.16 bits per heavy atom. The van der Waals surface area contributed by atoms with Gasteiger partial charge >= 0.3 is 12.3 Å².